The average Bonchev–Trinajstić information content (AvgIpc) is 3.37. The van der Waals surface area contributed by atoms with Crippen LogP contribution in [0.2, 0.25) is 0 Å². The molecular weight excluding hydrogens is 553 g/mol. The zero-order valence-electron chi connectivity index (χ0n) is 25.9. The lowest BCUT2D eigenvalue weighted by molar-refractivity contribution is 0.0606. The molecule has 1 fully saturated rings. The molecule has 2 N–H and O–H groups in total. The van der Waals surface area contributed by atoms with Crippen LogP contribution in [0.4, 0.5) is 18.0 Å². The van der Waals surface area contributed by atoms with Gasteiger partial charge in [0, 0.05) is 63.1 Å². The number of carbonyl (C=O) groups excluding carboxylic acids is 1. The Morgan fingerprint density at radius 3 is 2.33 bits per heavy atom. The molecule has 0 aliphatic carbocycles. The van der Waals surface area contributed by atoms with Crippen molar-refractivity contribution in [3.8, 4) is 11.3 Å². The monoisotopic (exact) mass is 598 g/mol. The minimum absolute atomic E-state index is 0.0443. The fourth-order valence-corrected chi connectivity index (χ4v) is 5.70. The maximum Gasteiger partial charge on any atom is 0.320 e. The number of imidazole rings is 1. The number of piperazine rings is 1. The number of aromatic nitrogens is 2. The molecule has 1 aliphatic rings. The molecule has 10 heteroatoms. The van der Waals surface area contributed by atoms with Crippen LogP contribution in [0.25, 0.3) is 11.3 Å². The van der Waals surface area contributed by atoms with Gasteiger partial charge in [-0.1, -0.05) is 51.1 Å². The lowest BCUT2D eigenvalue weighted by atomic mass is 9.84. The van der Waals surface area contributed by atoms with Gasteiger partial charge in [-0.3, -0.25) is 4.90 Å². The number of hydrogen-bond donors (Lipinski definition) is 1. The number of hydrogen-bond acceptors (Lipinski definition) is 4. The fourth-order valence-electron chi connectivity index (χ4n) is 5.70. The normalized spacial score (nSPS) is 16.0. The number of nitrogens with zero attached hydrogens (tertiary/aromatic N) is 5. The quantitative estimate of drug-likeness (QED) is 0.306. The van der Waals surface area contributed by atoms with Gasteiger partial charge >= 0.3 is 6.03 Å². The molecular formula is C33H45F3N6O. The lowest BCUT2D eigenvalue weighted by Gasteiger charge is -2.44. The van der Waals surface area contributed by atoms with Gasteiger partial charge in [0.05, 0.1) is 11.7 Å². The predicted molar refractivity (Wildman–Crippen MR) is 164 cm³/mol. The van der Waals surface area contributed by atoms with E-state index in [-0.39, 0.29) is 30.3 Å². The van der Waals surface area contributed by atoms with Crippen LogP contribution >= 0.6 is 0 Å². The van der Waals surface area contributed by atoms with Crippen LogP contribution in [0.15, 0.2) is 54.7 Å². The van der Waals surface area contributed by atoms with Crippen molar-refractivity contribution in [3.63, 3.8) is 0 Å². The highest BCUT2D eigenvalue weighted by atomic mass is 19.1. The first-order valence-corrected chi connectivity index (χ1v) is 15.1. The Morgan fingerprint density at radius 2 is 1.72 bits per heavy atom. The van der Waals surface area contributed by atoms with Gasteiger partial charge in [-0.15, -0.1) is 0 Å². The fraction of sp³-hybridized carbons (Fsp3) is 0.515. The van der Waals surface area contributed by atoms with Gasteiger partial charge in [-0.05, 0) is 49.4 Å². The molecule has 0 spiro atoms. The Morgan fingerprint density at radius 1 is 1.05 bits per heavy atom. The smallest absolute Gasteiger partial charge is 0.320 e. The molecule has 2 amide bonds. The van der Waals surface area contributed by atoms with Gasteiger partial charge in [-0.2, -0.15) is 0 Å². The number of carbonyl (C=O) groups is 1. The third-order valence-corrected chi connectivity index (χ3v) is 8.08. The molecule has 4 rings (SSSR count). The summed E-state index contributed by atoms with van der Waals surface area (Å²) in [4.78, 5) is 25.2. The van der Waals surface area contributed by atoms with Gasteiger partial charge in [0.1, 0.15) is 24.1 Å². The Kier molecular flexibility index (Phi) is 10.6. The van der Waals surface area contributed by atoms with E-state index in [0.29, 0.717) is 31.5 Å². The summed E-state index contributed by atoms with van der Waals surface area (Å²) in [6.45, 7) is 12.9. The molecule has 0 unspecified atom stereocenters. The van der Waals surface area contributed by atoms with Crippen molar-refractivity contribution in [1.29, 1.82) is 0 Å². The summed E-state index contributed by atoms with van der Waals surface area (Å²) in [5.74, 6) is -0.618. The lowest BCUT2D eigenvalue weighted by Crippen LogP contribution is -2.56. The van der Waals surface area contributed by atoms with E-state index < -0.39 is 35.8 Å². The van der Waals surface area contributed by atoms with Gasteiger partial charge in [0.15, 0.2) is 0 Å². The molecule has 1 aliphatic heterocycles. The van der Waals surface area contributed by atoms with E-state index in [1.54, 1.807) is 11.1 Å². The van der Waals surface area contributed by atoms with E-state index in [9.17, 15) is 18.0 Å². The summed E-state index contributed by atoms with van der Waals surface area (Å²) >= 11 is 0. The topological polar surface area (TPSA) is 70.6 Å². The molecule has 0 radical (unpaired) electrons. The highest BCUT2D eigenvalue weighted by molar-refractivity contribution is 5.75. The SMILES string of the molecule is CC(C)N1CCN(C(=O)N(CC[C@H](N)CF)[C@@H](c2nc(-c3cc(F)ccc3F)cn2Cc2ccccc2)C(C)(C)C)CC1. The van der Waals surface area contributed by atoms with E-state index in [0.717, 1.165) is 36.9 Å². The Balaban J connectivity index is 1.82. The van der Waals surface area contributed by atoms with Crippen LogP contribution in [0.3, 0.4) is 0 Å². The maximum absolute atomic E-state index is 15.0. The van der Waals surface area contributed by atoms with E-state index in [1.165, 1.54) is 0 Å². The van der Waals surface area contributed by atoms with E-state index in [1.807, 2.05) is 60.6 Å². The third kappa shape index (κ3) is 7.97. The number of rotatable bonds is 10. The summed E-state index contributed by atoms with van der Waals surface area (Å²) in [7, 11) is 0. The molecule has 7 nitrogen and oxygen atoms in total. The van der Waals surface area contributed by atoms with Gasteiger partial charge in [0.25, 0.3) is 0 Å². The highest BCUT2D eigenvalue weighted by Gasteiger charge is 2.40. The first-order chi connectivity index (χ1) is 20.4. The van der Waals surface area contributed by atoms with Crippen molar-refractivity contribution < 1.29 is 18.0 Å². The van der Waals surface area contributed by atoms with Crippen LogP contribution in [0, 0.1) is 17.0 Å². The van der Waals surface area contributed by atoms with Crippen molar-refractivity contribution in [1.82, 2.24) is 24.3 Å². The second-order valence-corrected chi connectivity index (χ2v) is 12.8. The van der Waals surface area contributed by atoms with Crippen LogP contribution < -0.4 is 5.73 Å². The molecule has 2 heterocycles. The standard InChI is InChI=1S/C33H45F3N6O/c1-23(2)39-15-17-40(18-16-39)32(43)42(14-13-26(37)20-34)30(33(3,4)5)31-38-29(27-19-25(35)11-12-28(27)36)22-41(31)21-24-9-7-6-8-10-24/h6-12,19,22-23,26,30H,13-18,20-21,37H2,1-5H3/t26-,30-/m0/s1. The second-order valence-electron chi connectivity index (χ2n) is 12.8. The molecule has 3 aromatic rings. The number of halogens is 3. The Bertz CT molecular complexity index is 1350. The van der Waals surface area contributed by atoms with Gasteiger partial charge in [-0.25, -0.2) is 22.9 Å². The largest absolute Gasteiger partial charge is 0.328 e. The molecule has 2 atom stereocenters. The first kappa shape index (κ1) is 32.5. The zero-order chi connectivity index (χ0) is 31.3. The molecule has 2 aromatic carbocycles. The van der Waals surface area contributed by atoms with Gasteiger partial charge in [0.2, 0.25) is 0 Å². The number of alkyl halides is 1. The minimum atomic E-state index is -0.713. The van der Waals surface area contributed by atoms with Crippen LogP contribution in [-0.2, 0) is 6.54 Å². The summed E-state index contributed by atoms with van der Waals surface area (Å²) in [6.07, 6.45) is 1.99. The first-order valence-electron chi connectivity index (χ1n) is 15.1. The number of amides is 2. The Labute approximate surface area is 253 Å². The van der Waals surface area contributed by atoms with Crippen molar-refractivity contribution in [2.75, 3.05) is 39.4 Å². The molecule has 0 saturated carbocycles. The summed E-state index contributed by atoms with van der Waals surface area (Å²) in [5, 5.41) is 0. The predicted octanol–water partition coefficient (Wildman–Crippen LogP) is 6.10. The van der Waals surface area contributed by atoms with Crippen molar-refractivity contribution in [2.24, 2.45) is 11.1 Å². The van der Waals surface area contributed by atoms with Crippen LogP contribution in [-0.4, -0.2) is 81.8 Å². The second kappa shape index (κ2) is 13.9. The summed E-state index contributed by atoms with van der Waals surface area (Å²) in [6, 6.07) is 12.0. The summed E-state index contributed by atoms with van der Waals surface area (Å²) in [5.41, 5.74) is 6.78. The van der Waals surface area contributed by atoms with Gasteiger partial charge < -0.3 is 20.1 Å². The highest BCUT2D eigenvalue weighted by Crippen LogP contribution is 2.40. The number of benzene rings is 2. The average molecular weight is 599 g/mol. The van der Waals surface area contributed by atoms with E-state index in [4.69, 9.17) is 10.7 Å². The number of urea groups is 1. The third-order valence-electron chi connectivity index (χ3n) is 8.08. The van der Waals surface area contributed by atoms with E-state index >= 15 is 0 Å². The molecule has 43 heavy (non-hydrogen) atoms. The minimum Gasteiger partial charge on any atom is -0.328 e. The maximum atomic E-state index is 15.0. The molecule has 234 valence electrons. The van der Waals surface area contributed by atoms with Crippen molar-refractivity contribution >= 4 is 6.03 Å². The molecule has 1 saturated heterocycles. The molecule has 1 aromatic heterocycles. The summed E-state index contributed by atoms with van der Waals surface area (Å²) < 4.78 is 44.7. The van der Waals surface area contributed by atoms with Crippen molar-refractivity contribution in [3.05, 3.63) is 77.8 Å². The molecule has 0 bridgehead atoms. The van der Waals surface area contributed by atoms with Crippen molar-refractivity contribution in [2.45, 2.75) is 65.7 Å². The van der Waals surface area contributed by atoms with Crippen LogP contribution in [0.5, 0.6) is 0 Å². The Hall–Kier alpha value is -3.37. The van der Waals surface area contributed by atoms with E-state index in [2.05, 4.69) is 18.7 Å². The number of nitrogens with two attached hydrogens (primary N) is 1. The van der Waals surface area contributed by atoms with Crippen LogP contribution in [0.1, 0.15) is 58.5 Å². The zero-order valence-corrected chi connectivity index (χ0v) is 25.9.